The van der Waals surface area contributed by atoms with Gasteiger partial charge >= 0.3 is 0 Å². The van der Waals surface area contributed by atoms with Gasteiger partial charge in [0.2, 0.25) is 5.91 Å². The molecule has 2 aromatic carbocycles. The highest BCUT2D eigenvalue weighted by Gasteiger charge is 2.19. The number of aryl methyl sites for hydroxylation is 1. The highest BCUT2D eigenvalue weighted by atomic mass is 35.5. The first-order chi connectivity index (χ1) is 25.5. The van der Waals surface area contributed by atoms with E-state index in [9.17, 15) is 9.59 Å². The van der Waals surface area contributed by atoms with Gasteiger partial charge in [0.1, 0.15) is 5.82 Å². The Labute approximate surface area is 318 Å². The number of hydrogen-bond acceptors (Lipinski definition) is 10. The maximum atomic E-state index is 13.3. The normalized spacial score (nSPS) is 13.4. The van der Waals surface area contributed by atoms with Crippen LogP contribution in [0.4, 0.5) is 0 Å². The predicted molar refractivity (Wildman–Crippen MR) is 199 cm³/mol. The third kappa shape index (κ3) is 14.3. The standard InChI is InChI=1S/C40H51N7O5.ClH/c1-31-4-5-33(25-36(31)27-39-43-13-10-37(45-39)35-3-2-12-42-28-35)26-38(48)34-8-6-32(7-9-34)29-46-15-17-47(18-16-46)30-40(49)44-14-20-51-22-24-52-23-21-50-19-11-41;/h2-10,12-13,25,28H,11,14-24,26-27,29-30,41H2,1H3,(H,44,49);1H. The van der Waals surface area contributed by atoms with E-state index in [1.165, 1.54) is 5.56 Å². The first kappa shape index (κ1) is 41.6. The molecule has 0 atom stereocenters. The van der Waals surface area contributed by atoms with Crippen LogP contribution < -0.4 is 23.5 Å². The Morgan fingerprint density at radius 1 is 0.830 bits per heavy atom. The molecule has 13 heteroatoms. The third-order valence-corrected chi connectivity index (χ3v) is 8.91. The molecule has 1 saturated heterocycles. The number of nitrogens with one attached hydrogen (secondary N) is 1. The SMILES string of the molecule is Cc1ccc(CC(=O)c2ccc(CN3CCN(CC(=O)NCCOCCOCCOCC[NH3+])CC3)cc2)cc1Cc1nccc(-c2cccnc2)n1.[Cl-]. The number of piperazine rings is 1. The van der Waals surface area contributed by atoms with Crippen molar-refractivity contribution in [2.45, 2.75) is 26.3 Å². The summed E-state index contributed by atoms with van der Waals surface area (Å²) in [5.74, 6) is 0.831. The van der Waals surface area contributed by atoms with Crippen LogP contribution in [0, 0.1) is 6.92 Å². The smallest absolute Gasteiger partial charge is 0.234 e. The lowest BCUT2D eigenvalue weighted by Crippen LogP contribution is -3.00. The summed E-state index contributed by atoms with van der Waals surface area (Å²) in [4.78, 5) is 43.7. The Morgan fingerprint density at radius 2 is 1.53 bits per heavy atom. The average Bonchev–Trinajstić information content (AvgIpc) is 3.17. The van der Waals surface area contributed by atoms with Crippen LogP contribution in [0.2, 0.25) is 0 Å². The van der Waals surface area contributed by atoms with Crippen molar-refractivity contribution < 1.29 is 41.9 Å². The van der Waals surface area contributed by atoms with Crippen LogP contribution in [0.1, 0.15) is 38.4 Å². The molecule has 1 aliphatic rings. The molecule has 0 aliphatic carbocycles. The molecule has 1 amide bonds. The van der Waals surface area contributed by atoms with Gasteiger partial charge in [0, 0.05) is 81.8 Å². The number of amides is 1. The maximum absolute atomic E-state index is 13.3. The number of aromatic nitrogens is 3. The number of hydrogen-bond donors (Lipinski definition) is 2. The van der Waals surface area contributed by atoms with Gasteiger partial charge in [-0.2, -0.15) is 0 Å². The number of carbonyl (C=O) groups is 2. The highest BCUT2D eigenvalue weighted by Crippen LogP contribution is 2.20. The van der Waals surface area contributed by atoms with Gasteiger partial charge in [-0.1, -0.05) is 42.5 Å². The molecular weight excluding hydrogens is 694 g/mol. The first-order valence-electron chi connectivity index (χ1n) is 18.1. The summed E-state index contributed by atoms with van der Waals surface area (Å²) in [6, 6.07) is 19.9. The van der Waals surface area contributed by atoms with E-state index in [2.05, 4.69) is 49.9 Å². The minimum absolute atomic E-state index is 0. The second-order valence-electron chi connectivity index (χ2n) is 12.9. The Hall–Kier alpha value is -4.14. The van der Waals surface area contributed by atoms with Gasteiger partial charge < -0.3 is 37.7 Å². The molecule has 4 aromatic rings. The van der Waals surface area contributed by atoms with Crippen molar-refractivity contribution in [1.82, 2.24) is 30.1 Å². The summed E-state index contributed by atoms with van der Waals surface area (Å²) < 4.78 is 16.3. The van der Waals surface area contributed by atoms with Crippen LogP contribution in [-0.2, 0) is 38.4 Å². The summed E-state index contributed by atoms with van der Waals surface area (Å²) in [7, 11) is 0. The Bertz CT molecular complexity index is 1690. The van der Waals surface area contributed by atoms with Gasteiger partial charge in [-0.05, 0) is 47.4 Å². The van der Waals surface area contributed by atoms with Crippen molar-refractivity contribution in [3.05, 3.63) is 113 Å². The number of Topliss-reactive ketones (excluding diaryl/α,β-unsaturated/α-hetero) is 1. The molecule has 0 saturated carbocycles. The van der Waals surface area contributed by atoms with E-state index < -0.39 is 0 Å². The second-order valence-corrected chi connectivity index (χ2v) is 12.9. The van der Waals surface area contributed by atoms with Crippen molar-refractivity contribution >= 4 is 11.7 Å². The van der Waals surface area contributed by atoms with Crippen LogP contribution in [0.3, 0.4) is 0 Å². The zero-order valence-corrected chi connectivity index (χ0v) is 31.4. The predicted octanol–water partition coefficient (Wildman–Crippen LogP) is -0.607. The maximum Gasteiger partial charge on any atom is 0.234 e. The number of quaternary nitrogens is 1. The second kappa shape index (κ2) is 22.8. The molecule has 2 aromatic heterocycles. The first-order valence-corrected chi connectivity index (χ1v) is 18.1. The van der Waals surface area contributed by atoms with Crippen molar-refractivity contribution in [3.63, 3.8) is 0 Å². The molecule has 0 bridgehead atoms. The molecular formula is C40H52ClN7O5. The summed E-state index contributed by atoms with van der Waals surface area (Å²) in [5.41, 5.74) is 10.6. The van der Waals surface area contributed by atoms with Crippen LogP contribution in [0.15, 0.2) is 79.3 Å². The monoisotopic (exact) mass is 745 g/mol. The number of ether oxygens (including phenoxy) is 3. The highest BCUT2D eigenvalue weighted by molar-refractivity contribution is 5.97. The Kier molecular flexibility index (Phi) is 17.9. The molecule has 4 N–H and O–H groups in total. The summed E-state index contributed by atoms with van der Waals surface area (Å²) >= 11 is 0. The van der Waals surface area contributed by atoms with Gasteiger partial charge in [0.05, 0.1) is 58.4 Å². The van der Waals surface area contributed by atoms with Crippen LogP contribution in [0.5, 0.6) is 0 Å². The number of pyridine rings is 1. The van der Waals surface area contributed by atoms with E-state index in [-0.39, 0.29) is 24.1 Å². The van der Waals surface area contributed by atoms with Crippen LogP contribution in [-0.4, -0.2) is 122 Å². The van der Waals surface area contributed by atoms with E-state index >= 15 is 0 Å². The summed E-state index contributed by atoms with van der Waals surface area (Å²) in [6.45, 7) is 11.1. The Balaban J connectivity index is 0.00000627. The number of benzene rings is 2. The zero-order chi connectivity index (χ0) is 36.4. The van der Waals surface area contributed by atoms with Crippen molar-refractivity contribution in [1.29, 1.82) is 0 Å². The van der Waals surface area contributed by atoms with Gasteiger partial charge in [-0.25, -0.2) is 9.97 Å². The molecule has 3 heterocycles. The van der Waals surface area contributed by atoms with Crippen LogP contribution >= 0.6 is 0 Å². The van der Waals surface area contributed by atoms with E-state index in [1.54, 1.807) is 18.6 Å². The molecule has 1 aliphatic heterocycles. The van der Waals surface area contributed by atoms with Gasteiger partial charge in [0.15, 0.2) is 5.78 Å². The molecule has 0 unspecified atom stereocenters. The van der Waals surface area contributed by atoms with Gasteiger partial charge in [-0.3, -0.25) is 24.4 Å². The number of carbonyl (C=O) groups excluding carboxylic acids is 2. The molecule has 12 nitrogen and oxygen atoms in total. The molecule has 1 fully saturated rings. The summed E-state index contributed by atoms with van der Waals surface area (Å²) in [5, 5.41) is 2.94. The minimum atomic E-state index is 0. The quantitative estimate of drug-likeness (QED) is 0.0838. The largest absolute Gasteiger partial charge is 1.00 e. The van der Waals surface area contributed by atoms with Gasteiger partial charge in [0.25, 0.3) is 0 Å². The summed E-state index contributed by atoms with van der Waals surface area (Å²) in [6.07, 6.45) is 6.24. The minimum Gasteiger partial charge on any atom is -1.00 e. The molecule has 5 rings (SSSR count). The van der Waals surface area contributed by atoms with E-state index in [0.717, 1.165) is 73.0 Å². The molecule has 0 spiro atoms. The fraction of sp³-hybridized carbons (Fsp3) is 0.425. The van der Waals surface area contributed by atoms with Crippen molar-refractivity contribution in [2.75, 3.05) is 85.5 Å². The fourth-order valence-electron chi connectivity index (χ4n) is 5.97. The van der Waals surface area contributed by atoms with Crippen LogP contribution in [0.25, 0.3) is 11.3 Å². The number of rotatable bonds is 21. The number of nitrogens with zero attached hydrogens (tertiary/aromatic N) is 5. The number of ketones is 1. The van der Waals surface area contributed by atoms with E-state index in [1.807, 2.05) is 48.5 Å². The lowest BCUT2D eigenvalue weighted by atomic mass is 9.97. The number of halogens is 1. The fourth-order valence-corrected chi connectivity index (χ4v) is 5.97. The average molecular weight is 746 g/mol. The topological polar surface area (TPSA) is 147 Å². The lowest BCUT2D eigenvalue weighted by Gasteiger charge is -2.34. The van der Waals surface area contributed by atoms with Gasteiger partial charge in [-0.15, -0.1) is 0 Å². The third-order valence-electron chi connectivity index (χ3n) is 8.91. The Morgan fingerprint density at radius 3 is 2.25 bits per heavy atom. The van der Waals surface area contributed by atoms with E-state index in [0.29, 0.717) is 71.1 Å². The molecule has 284 valence electrons. The lowest BCUT2D eigenvalue weighted by molar-refractivity contribution is -0.374. The van der Waals surface area contributed by atoms with Crippen molar-refractivity contribution in [3.8, 4) is 11.3 Å². The molecule has 53 heavy (non-hydrogen) atoms. The van der Waals surface area contributed by atoms with E-state index in [4.69, 9.17) is 19.2 Å². The zero-order valence-electron chi connectivity index (χ0n) is 30.7. The molecule has 0 radical (unpaired) electrons. The van der Waals surface area contributed by atoms with Crippen molar-refractivity contribution in [2.24, 2.45) is 0 Å².